The number of anilines is 1. The number of ether oxygens (including phenoxy) is 1. The Morgan fingerprint density at radius 2 is 1.68 bits per heavy atom. The lowest BCUT2D eigenvalue weighted by Gasteiger charge is -2.15. The maximum Gasteiger partial charge on any atom is 0.418 e. The molecule has 0 aliphatic rings. The van der Waals surface area contributed by atoms with Crippen LogP contribution in [0.4, 0.5) is 18.9 Å². The minimum Gasteiger partial charge on any atom is -0.483 e. The van der Waals surface area contributed by atoms with E-state index in [1.54, 1.807) is 0 Å². The first-order valence-electron chi connectivity index (χ1n) is 6.83. The smallest absolute Gasteiger partial charge is 0.418 e. The molecule has 0 unspecified atom stereocenters. The molecule has 1 amide bonds. The van der Waals surface area contributed by atoms with Gasteiger partial charge in [0.15, 0.2) is 6.61 Å². The second kappa shape index (κ2) is 7.26. The maximum absolute atomic E-state index is 12.9. The van der Waals surface area contributed by atoms with Gasteiger partial charge in [-0.15, -0.1) is 0 Å². The number of para-hydroxylation sites is 2. The van der Waals surface area contributed by atoms with Crippen molar-refractivity contribution in [1.29, 1.82) is 0 Å². The van der Waals surface area contributed by atoms with Crippen LogP contribution in [-0.4, -0.2) is 22.3 Å². The van der Waals surface area contributed by atoms with Gasteiger partial charge in [-0.2, -0.15) is 13.2 Å². The predicted molar refractivity (Wildman–Crippen MR) is 83.7 cm³/mol. The Morgan fingerprint density at radius 3 is 2.32 bits per heavy atom. The molecule has 134 valence electrons. The Balaban J connectivity index is 2.10. The molecule has 0 aliphatic heterocycles. The molecule has 0 saturated carbocycles. The van der Waals surface area contributed by atoms with Gasteiger partial charge < -0.3 is 19.8 Å². The first-order chi connectivity index (χ1) is 11.6. The number of carbonyl (C=O) groups is 1. The number of hydrogen-bond donors (Lipinski definition) is 3. The lowest BCUT2D eigenvalue weighted by molar-refractivity contribution is -0.137. The summed E-state index contributed by atoms with van der Waals surface area (Å²) in [4.78, 5) is 30.2. The molecule has 0 aromatic heterocycles. The first kappa shape index (κ1) is 19.0. The third kappa shape index (κ3) is 5.06. The number of rotatable bonds is 5. The molecule has 0 saturated heterocycles. The lowest BCUT2D eigenvalue weighted by Crippen LogP contribution is -2.23. The fourth-order valence-corrected chi connectivity index (χ4v) is 2.70. The van der Waals surface area contributed by atoms with E-state index in [2.05, 4.69) is 5.32 Å². The maximum atomic E-state index is 12.9. The number of halogens is 3. The van der Waals surface area contributed by atoms with Crippen molar-refractivity contribution in [3.05, 3.63) is 54.1 Å². The summed E-state index contributed by atoms with van der Waals surface area (Å²) in [5.41, 5.74) is -1.45. The summed E-state index contributed by atoms with van der Waals surface area (Å²) in [5, 5.41) is 1.65. The number of carbonyl (C=O) groups excluding carboxylic acids is 1. The monoisotopic (exact) mass is 375 g/mol. The highest BCUT2D eigenvalue weighted by Gasteiger charge is 2.33. The summed E-state index contributed by atoms with van der Waals surface area (Å²) >= 11 is 0. The van der Waals surface area contributed by atoms with Crippen molar-refractivity contribution in [1.82, 2.24) is 0 Å². The van der Waals surface area contributed by atoms with Gasteiger partial charge in [-0.3, -0.25) is 9.36 Å². The van der Waals surface area contributed by atoms with Crippen LogP contribution >= 0.6 is 7.60 Å². The molecule has 3 N–H and O–H groups in total. The summed E-state index contributed by atoms with van der Waals surface area (Å²) < 4.78 is 55.0. The average molecular weight is 375 g/mol. The van der Waals surface area contributed by atoms with Gasteiger partial charge in [-0.1, -0.05) is 24.3 Å². The molecule has 2 aromatic carbocycles. The Kier molecular flexibility index (Phi) is 5.52. The second-order valence-corrected chi connectivity index (χ2v) is 6.46. The molecule has 2 aromatic rings. The van der Waals surface area contributed by atoms with Crippen LogP contribution in [0.2, 0.25) is 0 Å². The van der Waals surface area contributed by atoms with E-state index in [9.17, 15) is 32.3 Å². The van der Waals surface area contributed by atoms with Crippen LogP contribution in [0.15, 0.2) is 48.5 Å². The van der Waals surface area contributed by atoms with Crippen molar-refractivity contribution in [3.8, 4) is 5.75 Å². The highest BCUT2D eigenvalue weighted by atomic mass is 31.2. The van der Waals surface area contributed by atoms with E-state index in [-0.39, 0.29) is 5.75 Å². The van der Waals surface area contributed by atoms with Crippen molar-refractivity contribution < 1.29 is 37.1 Å². The number of alkyl halides is 3. The van der Waals surface area contributed by atoms with Crippen molar-refractivity contribution in [2.45, 2.75) is 6.18 Å². The van der Waals surface area contributed by atoms with Gasteiger partial charge in [-0.05, 0) is 24.3 Å². The third-order valence-electron chi connectivity index (χ3n) is 3.04. The van der Waals surface area contributed by atoms with E-state index >= 15 is 0 Å². The minimum atomic E-state index is -4.64. The molecule has 0 aliphatic carbocycles. The molecule has 0 spiro atoms. The molecule has 0 heterocycles. The Morgan fingerprint density at radius 1 is 1.08 bits per heavy atom. The molecule has 0 bridgehead atoms. The number of nitrogens with one attached hydrogen (secondary N) is 1. The quantitative estimate of drug-likeness (QED) is 0.698. The molecular formula is C15H13F3NO5P. The standard InChI is InChI=1S/C15H13F3NO5P/c16-15(17,18)10-5-1-2-6-11(10)19-14(20)9-24-12-7-3-4-8-13(12)25(21,22)23/h1-8H,9H2,(H,19,20)(H2,21,22,23). The highest BCUT2D eigenvalue weighted by Crippen LogP contribution is 2.37. The SMILES string of the molecule is O=C(COc1ccccc1P(=O)(O)O)Nc1ccccc1C(F)(F)F. The van der Waals surface area contributed by atoms with Crippen LogP contribution in [-0.2, 0) is 15.5 Å². The Bertz CT molecular complexity index is 819. The molecular weight excluding hydrogens is 362 g/mol. The summed E-state index contributed by atoms with van der Waals surface area (Å²) in [5.74, 6) is -1.13. The molecule has 0 fully saturated rings. The van der Waals surface area contributed by atoms with Crippen LogP contribution < -0.4 is 15.4 Å². The van der Waals surface area contributed by atoms with Gasteiger partial charge in [0.05, 0.1) is 11.3 Å². The number of amides is 1. The van der Waals surface area contributed by atoms with E-state index in [1.807, 2.05) is 0 Å². The van der Waals surface area contributed by atoms with Crippen LogP contribution in [0.3, 0.4) is 0 Å². The largest absolute Gasteiger partial charge is 0.483 e. The van der Waals surface area contributed by atoms with E-state index < -0.39 is 42.8 Å². The van der Waals surface area contributed by atoms with E-state index in [0.29, 0.717) is 0 Å². The molecule has 6 nitrogen and oxygen atoms in total. The predicted octanol–water partition coefficient (Wildman–Crippen LogP) is 2.53. The van der Waals surface area contributed by atoms with E-state index in [1.165, 1.54) is 30.3 Å². The van der Waals surface area contributed by atoms with Gasteiger partial charge in [0, 0.05) is 0 Å². The lowest BCUT2D eigenvalue weighted by atomic mass is 10.1. The van der Waals surface area contributed by atoms with E-state index in [4.69, 9.17) is 4.74 Å². The summed E-state index contributed by atoms with van der Waals surface area (Å²) in [6.07, 6.45) is -4.64. The molecule has 0 radical (unpaired) electrons. The van der Waals surface area contributed by atoms with Crippen LogP contribution in [0.5, 0.6) is 5.75 Å². The fraction of sp³-hybridized carbons (Fsp3) is 0.133. The van der Waals surface area contributed by atoms with Gasteiger partial charge in [-0.25, -0.2) is 0 Å². The summed E-state index contributed by atoms with van der Waals surface area (Å²) in [6, 6.07) is 9.61. The van der Waals surface area contributed by atoms with Crippen molar-refractivity contribution in [3.63, 3.8) is 0 Å². The van der Waals surface area contributed by atoms with Crippen LogP contribution in [0.1, 0.15) is 5.56 Å². The van der Waals surface area contributed by atoms with Crippen molar-refractivity contribution >= 4 is 24.5 Å². The zero-order valence-electron chi connectivity index (χ0n) is 12.5. The van der Waals surface area contributed by atoms with Gasteiger partial charge in [0.2, 0.25) is 0 Å². The zero-order chi connectivity index (χ0) is 18.7. The summed E-state index contributed by atoms with van der Waals surface area (Å²) in [7, 11) is -4.62. The Labute approximate surface area is 140 Å². The molecule has 25 heavy (non-hydrogen) atoms. The molecule has 2 rings (SSSR count). The van der Waals surface area contributed by atoms with Gasteiger partial charge >= 0.3 is 13.8 Å². The van der Waals surface area contributed by atoms with Gasteiger partial charge in [0.1, 0.15) is 11.1 Å². The van der Waals surface area contributed by atoms with Crippen LogP contribution in [0, 0.1) is 0 Å². The second-order valence-electron chi connectivity index (χ2n) is 4.89. The normalized spacial score (nSPS) is 11.9. The third-order valence-corrected chi connectivity index (χ3v) is 4.04. The highest BCUT2D eigenvalue weighted by molar-refractivity contribution is 7.60. The van der Waals surface area contributed by atoms with Crippen LogP contribution in [0.25, 0.3) is 0 Å². The molecule has 0 atom stereocenters. The number of benzene rings is 2. The van der Waals surface area contributed by atoms with Crippen molar-refractivity contribution in [2.75, 3.05) is 11.9 Å². The van der Waals surface area contributed by atoms with Gasteiger partial charge in [0.25, 0.3) is 5.91 Å². The Hall–Kier alpha value is -2.35. The molecule has 10 heteroatoms. The first-order valence-corrected chi connectivity index (χ1v) is 8.44. The van der Waals surface area contributed by atoms with Crippen molar-refractivity contribution in [2.24, 2.45) is 0 Å². The summed E-state index contributed by atoms with van der Waals surface area (Å²) in [6.45, 7) is -0.719. The fourth-order valence-electron chi connectivity index (χ4n) is 1.99. The zero-order valence-corrected chi connectivity index (χ0v) is 13.4. The average Bonchev–Trinajstić information content (AvgIpc) is 2.52. The van der Waals surface area contributed by atoms with E-state index in [0.717, 1.165) is 18.2 Å². The minimum absolute atomic E-state index is 0.227. The topological polar surface area (TPSA) is 95.9 Å². The number of hydrogen-bond acceptors (Lipinski definition) is 3.